The molecule has 0 spiro atoms. The molecule has 0 aliphatic carbocycles. The van der Waals surface area contributed by atoms with Crippen molar-refractivity contribution >= 4 is 17.6 Å². The molecule has 3 rings (SSSR count). The number of nitrogens with zero attached hydrogens (tertiary/aromatic N) is 3. The highest BCUT2D eigenvalue weighted by molar-refractivity contribution is 5.67. The van der Waals surface area contributed by atoms with Crippen molar-refractivity contribution in [2.24, 2.45) is 0 Å². The molecule has 0 amide bonds. The molecule has 182 valence electrons. The van der Waals surface area contributed by atoms with E-state index < -0.39 is 77.3 Å². The van der Waals surface area contributed by atoms with Crippen molar-refractivity contribution in [2.75, 3.05) is 6.61 Å². The molecular weight excluding hydrogens is 461 g/mol. The van der Waals surface area contributed by atoms with Crippen molar-refractivity contribution in [3.8, 4) is 0 Å². The maximum absolute atomic E-state index is 14.6. The number of ether oxygens (including phenoxy) is 3. The lowest BCUT2D eigenvalue weighted by Crippen LogP contribution is -2.46. The second-order valence-corrected chi connectivity index (χ2v) is 7.34. The second-order valence-electron chi connectivity index (χ2n) is 7.34. The van der Waals surface area contributed by atoms with E-state index in [0.717, 1.165) is 19.9 Å². The zero-order valence-corrected chi connectivity index (χ0v) is 18.0. The Kier molecular flexibility index (Phi) is 7.22. The summed E-state index contributed by atoms with van der Waals surface area (Å²) in [5.74, 6) is -3.05. The van der Waals surface area contributed by atoms with Gasteiger partial charge in [-0.15, -0.1) is 0 Å². The van der Waals surface area contributed by atoms with Crippen LogP contribution in [0.1, 0.15) is 25.6 Å². The quantitative estimate of drug-likeness (QED) is 0.319. The number of esters is 2. The molecule has 2 heterocycles. The number of rotatable bonds is 7. The Balaban J connectivity index is 2.13. The Morgan fingerprint density at radius 2 is 1.79 bits per heavy atom. The summed E-state index contributed by atoms with van der Waals surface area (Å²) < 4.78 is 31.4. The number of aliphatic hydroxyl groups is 1. The molecule has 1 aromatic heterocycles. The van der Waals surface area contributed by atoms with E-state index in [0.29, 0.717) is 15.3 Å². The van der Waals surface area contributed by atoms with E-state index in [1.807, 2.05) is 0 Å². The molecule has 1 aliphatic rings. The molecule has 0 unspecified atom stereocenters. The summed E-state index contributed by atoms with van der Waals surface area (Å²) in [5.41, 5.74) is -2.93. The lowest BCUT2D eigenvalue weighted by Gasteiger charge is -2.24. The standard InChI is InChI=1S/C20H20FN3O10/c1-10(26)32-16-15(9-25)34-19(17(16)33-11(2)27)23-8-13(21)18(28)22(20(23)29)7-12-5-3-4-6-14(12)24(30)31/h3-6,8,15-17,19,25H,7,9H2,1-2H3/t15-,16-,17-,19-/m1/s1. The van der Waals surface area contributed by atoms with E-state index in [2.05, 4.69) is 0 Å². The number of benzene rings is 1. The molecule has 1 aliphatic heterocycles. The second kappa shape index (κ2) is 9.93. The number of aliphatic hydroxyl groups excluding tert-OH is 1. The largest absolute Gasteiger partial charge is 0.456 e. The smallest absolute Gasteiger partial charge is 0.333 e. The van der Waals surface area contributed by atoms with Gasteiger partial charge >= 0.3 is 17.6 Å². The Bertz CT molecular complexity index is 1240. The van der Waals surface area contributed by atoms with Gasteiger partial charge in [0.2, 0.25) is 5.82 Å². The number of carbonyl (C=O) groups excluding carboxylic acids is 2. The highest BCUT2D eigenvalue weighted by atomic mass is 19.1. The first-order valence-electron chi connectivity index (χ1n) is 9.89. The summed E-state index contributed by atoms with van der Waals surface area (Å²) >= 11 is 0. The van der Waals surface area contributed by atoms with Crippen molar-refractivity contribution < 1.29 is 38.2 Å². The molecule has 4 atom stereocenters. The minimum atomic E-state index is -1.59. The normalized spacial score (nSPS) is 21.8. The summed E-state index contributed by atoms with van der Waals surface area (Å²) in [4.78, 5) is 59.3. The fourth-order valence-corrected chi connectivity index (χ4v) is 3.63. The van der Waals surface area contributed by atoms with Crippen LogP contribution in [0, 0.1) is 15.9 Å². The number of aromatic nitrogens is 2. The molecule has 34 heavy (non-hydrogen) atoms. The van der Waals surface area contributed by atoms with Crippen molar-refractivity contribution in [3.05, 3.63) is 72.8 Å². The Hall–Kier alpha value is -3.91. The summed E-state index contributed by atoms with van der Waals surface area (Å²) in [7, 11) is 0. The van der Waals surface area contributed by atoms with Gasteiger partial charge in [0.15, 0.2) is 18.4 Å². The molecular formula is C20H20FN3O10. The zero-order valence-electron chi connectivity index (χ0n) is 18.0. The summed E-state index contributed by atoms with van der Waals surface area (Å²) in [6.07, 6.45) is -5.14. The first-order valence-corrected chi connectivity index (χ1v) is 9.89. The molecule has 1 aromatic carbocycles. The maximum Gasteiger partial charge on any atom is 0.333 e. The number of nitro groups is 1. The van der Waals surface area contributed by atoms with Crippen LogP contribution in [-0.4, -0.2) is 56.0 Å². The van der Waals surface area contributed by atoms with Gasteiger partial charge < -0.3 is 19.3 Å². The van der Waals surface area contributed by atoms with Gasteiger partial charge in [-0.05, 0) is 0 Å². The van der Waals surface area contributed by atoms with Gasteiger partial charge in [-0.25, -0.2) is 4.79 Å². The first kappa shape index (κ1) is 24.7. The number of nitro benzene ring substituents is 1. The highest BCUT2D eigenvalue weighted by Gasteiger charge is 2.50. The lowest BCUT2D eigenvalue weighted by molar-refractivity contribution is -0.385. The van der Waals surface area contributed by atoms with Crippen LogP contribution in [0.15, 0.2) is 40.1 Å². The third-order valence-electron chi connectivity index (χ3n) is 5.01. The minimum Gasteiger partial charge on any atom is -0.456 e. The van der Waals surface area contributed by atoms with Crippen LogP contribution < -0.4 is 11.2 Å². The number of carbonyl (C=O) groups is 2. The lowest BCUT2D eigenvalue weighted by atomic mass is 10.1. The fraction of sp³-hybridized carbons (Fsp3) is 0.400. The van der Waals surface area contributed by atoms with Crippen LogP contribution in [-0.2, 0) is 30.3 Å². The average molecular weight is 481 g/mol. The third-order valence-corrected chi connectivity index (χ3v) is 5.01. The van der Waals surface area contributed by atoms with Gasteiger partial charge in [-0.3, -0.25) is 33.6 Å². The van der Waals surface area contributed by atoms with Crippen LogP contribution in [0.25, 0.3) is 0 Å². The van der Waals surface area contributed by atoms with Crippen LogP contribution in [0.2, 0.25) is 0 Å². The molecule has 13 nitrogen and oxygen atoms in total. The van der Waals surface area contributed by atoms with Crippen molar-refractivity contribution in [2.45, 2.75) is 44.9 Å². The Morgan fingerprint density at radius 1 is 1.18 bits per heavy atom. The molecule has 0 bridgehead atoms. The molecule has 14 heteroatoms. The van der Waals surface area contributed by atoms with Gasteiger partial charge in [0.05, 0.1) is 24.3 Å². The summed E-state index contributed by atoms with van der Waals surface area (Å²) in [6, 6.07) is 5.28. The van der Waals surface area contributed by atoms with Crippen LogP contribution in [0.3, 0.4) is 0 Å². The molecule has 0 radical (unpaired) electrons. The van der Waals surface area contributed by atoms with E-state index in [4.69, 9.17) is 14.2 Å². The number of halogens is 1. The van der Waals surface area contributed by atoms with Crippen molar-refractivity contribution in [3.63, 3.8) is 0 Å². The van der Waals surface area contributed by atoms with E-state index >= 15 is 0 Å². The van der Waals surface area contributed by atoms with Gasteiger partial charge in [0, 0.05) is 25.5 Å². The zero-order chi connectivity index (χ0) is 25.2. The topological polar surface area (TPSA) is 169 Å². The maximum atomic E-state index is 14.6. The van der Waals surface area contributed by atoms with Crippen molar-refractivity contribution in [1.82, 2.24) is 9.13 Å². The molecule has 0 saturated carbocycles. The molecule has 1 saturated heterocycles. The van der Waals surface area contributed by atoms with E-state index in [9.17, 15) is 38.8 Å². The summed E-state index contributed by atoms with van der Waals surface area (Å²) in [6.45, 7) is 0.742. The summed E-state index contributed by atoms with van der Waals surface area (Å²) in [5, 5.41) is 20.9. The Labute approximate surface area is 190 Å². The van der Waals surface area contributed by atoms with E-state index in [1.54, 1.807) is 0 Å². The van der Waals surface area contributed by atoms with Gasteiger partial charge in [-0.1, -0.05) is 18.2 Å². The minimum absolute atomic E-state index is 0.0428. The monoisotopic (exact) mass is 481 g/mol. The van der Waals surface area contributed by atoms with Crippen LogP contribution in [0.5, 0.6) is 0 Å². The Morgan fingerprint density at radius 3 is 2.38 bits per heavy atom. The molecule has 2 aromatic rings. The van der Waals surface area contributed by atoms with E-state index in [1.165, 1.54) is 18.2 Å². The predicted molar refractivity (Wildman–Crippen MR) is 109 cm³/mol. The predicted octanol–water partition coefficient (Wildman–Crippen LogP) is -0.141. The first-order chi connectivity index (χ1) is 16.0. The highest BCUT2D eigenvalue weighted by Crippen LogP contribution is 2.33. The van der Waals surface area contributed by atoms with Gasteiger partial charge in [-0.2, -0.15) is 4.39 Å². The average Bonchev–Trinajstić information content (AvgIpc) is 3.09. The molecule has 1 N–H and O–H groups in total. The SMILES string of the molecule is CC(=O)O[C@@H]1[C@H](OC(C)=O)[C@@H](CO)O[C@H]1n1cc(F)c(=O)n(Cc2ccccc2[N+](=O)[O-])c1=O. The number of para-hydroxylation sites is 1. The van der Waals surface area contributed by atoms with Crippen LogP contribution in [0.4, 0.5) is 10.1 Å². The number of hydrogen-bond acceptors (Lipinski definition) is 10. The van der Waals surface area contributed by atoms with Gasteiger partial charge in [0.25, 0.3) is 11.2 Å². The fourth-order valence-electron chi connectivity index (χ4n) is 3.63. The van der Waals surface area contributed by atoms with Gasteiger partial charge in [0.1, 0.15) is 6.10 Å². The van der Waals surface area contributed by atoms with Crippen LogP contribution >= 0.6 is 0 Å². The van der Waals surface area contributed by atoms with Crippen molar-refractivity contribution in [1.29, 1.82) is 0 Å². The van der Waals surface area contributed by atoms with E-state index in [-0.39, 0.29) is 5.56 Å². The third kappa shape index (κ3) is 4.87. The number of hydrogen-bond donors (Lipinski definition) is 1. The molecule has 1 fully saturated rings.